The zero-order valence-corrected chi connectivity index (χ0v) is 11.1. The number of hydrogen-bond donors (Lipinski definition) is 1. The molecule has 3 heterocycles. The van der Waals surface area contributed by atoms with Gasteiger partial charge < -0.3 is 10.1 Å². The molecule has 1 saturated carbocycles. The van der Waals surface area contributed by atoms with E-state index in [1.807, 2.05) is 6.20 Å². The fourth-order valence-corrected chi connectivity index (χ4v) is 3.15. The van der Waals surface area contributed by atoms with Gasteiger partial charge in [-0.15, -0.1) is 0 Å². The fraction of sp³-hybridized carbons (Fsp3) is 0.714. The van der Waals surface area contributed by atoms with Gasteiger partial charge in [0, 0.05) is 44.6 Å². The summed E-state index contributed by atoms with van der Waals surface area (Å²) >= 11 is 0. The van der Waals surface area contributed by atoms with Gasteiger partial charge in [0.15, 0.2) is 0 Å². The molecule has 0 amide bonds. The Morgan fingerprint density at radius 2 is 2.21 bits per heavy atom. The van der Waals surface area contributed by atoms with Crippen molar-refractivity contribution in [3.63, 3.8) is 0 Å². The number of ether oxygens (including phenoxy) is 1. The average Bonchev–Trinajstić information content (AvgIpc) is 3.20. The highest BCUT2D eigenvalue weighted by Gasteiger charge is 2.35. The van der Waals surface area contributed by atoms with Gasteiger partial charge in [0.25, 0.3) is 0 Å². The summed E-state index contributed by atoms with van der Waals surface area (Å²) in [5.41, 5.74) is 1.13. The molecule has 2 aliphatic heterocycles. The van der Waals surface area contributed by atoms with Crippen LogP contribution in [0.5, 0.6) is 5.88 Å². The molecule has 0 radical (unpaired) electrons. The van der Waals surface area contributed by atoms with E-state index in [1.165, 1.54) is 12.8 Å². The molecule has 0 aromatic carbocycles. The highest BCUT2D eigenvalue weighted by molar-refractivity contribution is 5.15. The number of piperazine rings is 1. The molecule has 1 aliphatic carbocycles. The van der Waals surface area contributed by atoms with E-state index in [1.54, 1.807) is 6.20 Å². The summed E-state index contributed by atoms with van der Waals surface area (Å²) in [6.45, 7) is 4.35. The molecule has 1 aromatic rings. The molecule has 0 spiro atoms. The summed E-state index contributed by atoms with van der Waals surface area (Å²) in [7, 11) is 0. The van der Waals surface area contributed by atoms with Crippen LogP contribution in [0.25, 0.3) is 0 Å². The standard InChI is InChI=1S/C14H20N4O/c1-2-10(1)13-7-17-14(8-16-13)19-12-5-11-6-15-3-4-18(11)9-12/h7-8,10-12,15H,1-6,9H2/t11-,12+/m0/s1. The Hall–Kier alpha value is -1.20. The lowest BCUT2D eigenvalue weighted by Crippen LogP contribution is -2.47. The third kappa shape index (κ3) is 2.44. The van der Waals surface area contributed by atoms with Crippen LogP contribution in [0.2, 0.25) is 0 Å². The van der Waals surface area contributed by atoms with Crippen LogP contribution >= 0.6 is 0 Å². The highest BCUT2D eigenvalue weighted by Crippen LogP contribution is 2.38. The van der Waals surface area contributed by atoms with Gasteiger partial charge in [-0.3, -0.25) is 9.88 Å². The normalized spacial score (nSPS) is 31.2. The summed E-state index contributed by atoms with van der Waals surface area (Å²) < 4.78 is 5.98. The van der Waals surface area contributed by atoms with Crippen molar-refractivity contribution in [2.75, 3.05) is 26.2 Å². The fourth-order valence-electron chi connectivity index (χ4n) is 3.15. The van der Waals surface area contributed by atoms with Gasteiger partial charge in [-0.2, -0.15) is 0 Å². The zero-order valence-electron chi connectivity index (χ0n) is 11.1. The van der Waals surface area contributed by atoms with Crippen molar-refractivity contribution in [2.24, 2.45) is 0 Å². The van der Waals surface area contributed by atoms with Crippen LogP contribution in [-0.2, 0) is 0 Å². The first-order valence-electron chi connectivity index (χ1n) is 7.32. The van der Waals surface area contributed by atoms with Crippen molar-refractivity contribution in [1.29, 1.82) is 0 Å². The van der Waals surface area contributed by atoms with Gasteiger partial charge in [-0.25, -0.2) is 4.98 Å². The second kappa shape index (κ2) is 4.72. The molecule has 5 nitrogen and oxygen atoms in total. The number of rotatable bonds is 3. The molecule has 3 fully saturated rings. The Bertz CT molecular complexity index is 431. The molecule has 0 bridgehead atoms. The van der Waals surface area contributed by atoms with Crippen molar-refractivity contribution < 1.29 is 4.74 Å². The summed E-state index contributed by atoms with van der Waals surface area (Å²) in [6.07, 6.45) is 7.58. The van der Waals surface area contributed by atoms with Crippen LogP contribution in [0.1, 0.15) is 30.9 Å². The molecule has 3 aliphatic rings. The first kappa shape index (κ1) is 11.6. The number of fused-ring (bicyclic) bond motifs is 1. The number of hydrogen-bond acceptors (Lipinski definition) is 5. The van der Waals surface area contributed by atoms with Crippen molar-refractivity contribution in [2.45, 2.75) is 37.3 Å². The van der Waals surface area contributed by atoms with Crippen molar-refractivity contribution >= 4 is 0 Å². The van der Waals surface area contributed by atoms with Crippen LogP contribution in [0.4, 0.5) is 0 Å². The topological polar surface area (TPSA) is 50.3 Å². The van der Waals surface area contributed by atoms with Gasteiger partial charge in [0.05, 0.1) is 18.1 Å². The number of nitrogens with zero attached hydrogens (tertiary/aromatic N) is 3. The Kier molecular flexibility index (Phi) is 2.89. The van der Waals surface area contributed by atoms with E-state index in [-0.39, 0.29) is 6.10 Å². The molecular formula is C14H20N4O. The van der Waals surface area contributed by atoms with Gasteiger partial charge in [0.2, 0.25) is 5.88 Å². The Balaban J connectivity index is 1.38. The minimum atomic E-state index is 0.269. The van der Waals surface area contributed by atoms with E-state index >= 15 is 0 Å². The molecule has 5 heteroatoms. The maximum absolute atomic E-state index is 5.98. The summed E-state index contributed by atoms with van der Waals surface area (Å²) in [6, 6.07) is 0.637. The van der Waals surface area contributed by atoms with Gasteiger partial charge in [-0.05, 0) is 12.8 Å². The largest absolute Gasteiger partial charge is 0.472 e. The second-order valence-corrected chi connectivity index (χ2v) is 5.88. The molecule has 1 N–H and O–H groups in total. The number of aromatic nitrogens is 2. The van der Waals surface area contributed by atoms with Gasteiger partial charge in [0.1, 0.15) is 6.10 Å². The first-order valence-corrected chi connectivity index (χ1v) is 7.32. The Morgan fingerprint density at radius 1 is 1.26 bits per heavy atom. The van der Waals surface area contributed by atoms with Crippen LogP contribution in [-0.4, -0.2) is 53.2 Å². The third-order valence-corrected chi connectivity index (χ3v) is 4.38. The lowest BCUT2D eigenvalue weighted by atomic mass is 10.2. The smallest absolute Gasteiger partial charge is 0.232 e. The third-order valence-electron chi connectivity index (χ3n) is 4.38. The Morgan fingerprint density at radius 3 is 2.95 bits per heavy atom. The Labute approximate surface area is 113 Å². The SMILES string of the molecule is c1nc(C2CC2)cnc1O[C@@H]1C[C@H]2CNCCN2C1. The molecule has 4 rings (SSSR count). The minimum absolute atomic E-state index is 0.269. The predicted octanol–water partition coefficient (Wildman–Crippen LogP) is 0.779. The quantitative estimate of drug-likeness (QED) is 0.870. The van der Waals surface area contributed by atoms with E-state index in [0.29, 0.717) is 17.8 Å². The zero-order chi connectivity index (χ0) is 12.7. The predicted molar refractivity (Wildman–Crippen MR) is 71.3 cm³/mol. The molecule has 0 unspecified atom stereocenters. The molecule has 2 saturated heterocycles. The molecule has 2 atom stereocenters. The lowest BCUT2D eigenvalue weighted by molar-refractivity contribution is 0.182. The molecule has 1 aromatic heterocycles. The highest BCUT2D eigenvalue weighted by atomic mass is 16.5. The minimum Gasteiger partial charge on any atom is -0.472 e. The van der Waals surface area contributed by atoms with E-state index < -0.39 is 0 Å². The summed E-state index contributed by atoms with van der Waals surface area (Å²) in [4.78, 5) is 11.4. The number of nitrogens with one attached hydrogen (secondary N) is 1. The molecular weight excluding hydrogens is 240 g/mol. The first-order chi connectivity index (χ1) is 9.38. The van der Waals surface area contributed by atoms with E-state index in [4.69, 9.17) is 4.74 Å². The summed E-state index contributed by atoms with van der Waals surface area (Å²) in [5, 5.41) is 3.44. The lowest BCUT2D eigenvalue weighted by Gasteiger charge is -2.29. The average molecular weight is 260 g/mol. The molecule has 19 heavy (non-hydrogen) atoms. The van der Waals surface area contributed by atoms with Crippen LogP contribution < -0.4 is 10.1 Å². The maximum atomic E-state index is 5.98. The second-order valence-electron chi connectivity index (χ2n) is 5.88. The van der Waals surface area contributed by atoms with E-state index in [9.17, 15) is 0 Å². The van der Waals surface area contributed by atoms with Gasteiger partial charge >= 0.3 is 0 Å². The van der Waals surface area contributed by atoms with E-state index in [2.05, 4.69) is 20.2 Å². The van der Waals surface area contributed by atoms with Crippen molar-refractivity contribution in [1.82, 2.24) is 20.2 Å². The van der Waals surface area contributed by atoms with Crippen molar-refractivity contribution in [3.8, 4) is 5.88 Å². The molecule has 102 valence electrons. The van der Waals surface area contributed by atoms with Crippen LogP contribution in [0, 0.1) is 0 Å². The monoisotopic (exact) mass is 260 g/mol. The van der Waals surface area contributed by atoms with Crippen molar-refractivity contribution in [3.05, 3.63) is 18.1 Å². The van der Waals surface area contributed by atoms with E-state index in [0.717, 1.165) is 38.3 Å². The van der Waals surface area contributed by atoms with Gasteiger partial charge in [-0.1, -0.05) is 0 Å². The van der Waals surface area contributed by atoms with Crippen LogP contribution in [0.3, 0.4) is 0 Å². The van der Waals surface area contributed by atoms with Crippen LogP contribution in [0.15, 0.2) is 12.4 Å². The maximum Gasteiger partial charge on any atom is 0.232 e. The summed E-state index contributed by atoms with van der Waals surface area (Å²) in [5.74, 6) is 1.34.